The SMILES string of the molecule is O=C(CCN(CCc1ccccc1)S(=O)(=O)c1ccc(Br)cc1)N1CCNCC1. The van der Waals surface area contributed by atoms with Gasteiger partial charge in [-0.2, -0.15) is 4.31 Å². The Morgan fingerprint density at radius 1 is 1.00 bits per heavy atom. The number of hydrogen-bond acceptors (Lipinski definition) is 4. The van der Waals surface area contributed by atoms with Crippen molar-refractivity contribution < 1.29 is 13.2 Å². The Morgan fingerprint density at radius 2 is 1.66 bits per heavy atom. The zero-order chi connectivity index (χ0) is 20.7. The first-order valence-electron chi connectivity index (χ1n) is 9.75. The van der Waals surface area contributed by atoms with Crippen molar-refractivity contribution in [3.8, 4) is 0 Å². The summed E-state index contributed by atoms with van der Waals surface area (Å²) in [6.07, 6.45) is 0.781. The van der Waals surface area contributed by atoms with Crippen LogP contribution in [0.5, 0.6) is 0 Å². The molecule has 1 heterocycles. The van der Waals surface area contributed by atoms with E-state index in [1.807, 2.05) is 30.3 Å². The van der Waals surface area contributed by atoms with Gasteiger partial charge >= 0.3 is 0 Å². The molecule has 0 aliphatic carbocycles. The molecule has 0 bridgehead atoms. The second-order valence-corrected chi connectivity index (χ2v) is 9.83. The predicted octanol–water partition coefficient (Wildman–Crippen LogP) is 2.50. The van der Waals surface area contributed by atoms with E-state index in [2.05, 4.69) is 21.2 Å². The molecule has 0 saturated carbocycles. The normalized spacial score (nSPS) is 14.9. The van der Waals surface area contributed by atoms with Crippen molar-refractivity contribution in [2.24, 2.45) is 0 Å². The lowest BCUT2D eigenvalue weighted by Gasteiger charge is -2.29. The highest BCUT2D eigenvalue weighted by Gasteiger charge is 2.26. The lowest BCUT2D eigenvalue weighted by Crippen LogP contribution is -2.47. The first kappa shape index (κ1) is 22.0. The average Bonchev–Trinajstić information content (AvgIpc) is 2.75. The third kappa shape index (κ3) is 6.12. The fourth-order valence-electron chi connectivity index (χ4n) is 3.30. The summed E-state index contributed by atoms with van der Waals surface area (Å²) in [4.78, 5) is 14.6. The molecule has 3 rings (SSSR count). The molecule has 2 aromatic carbocycles. The molecule has 1 fully saturated rings. The number of halogens is 1. The van der Waals surface area contributed by atoms with E-state index in [0.717, 1.165) is 23.1 Å². The molecule has 29 heavy (non-hydrogen) atoms. The third-order valence-electron chi connectivity index (χ3n) is 4.99. The van der Waals surface area contributed by atoms with Gasteiger partial charge < -0.3 is 10.2 Å². The summed E-state index contributed by atoms with van der Waals surface area (Å²) in [5.74, 6) is 0.00205. The number of amides is 1. The molecule has 156 valence electrons. The van der Waals surface area contributed by atoms with Gasteiger partial charge in [-0.1, -0.05) is 46.3 Å². The van der Waals surface area contributed by atoms with Crippen LogP contribution in [0.1, 0.15) is 12.0 Å². The van der Waals surface area contributed by atoms with Crippen LogP contribution in [0.15, 0.2) is 64.0 Å². The molecule has 0 aromatic heterocycles. The summed E-state index contributed by atoms with van der Waals surface area (Å²) >= 11 is 3.34. The number of piperazine rings is 1. The lowest BCUT2D eigenvalue weighted by atomic mass is 10.1. The Balaban J connectivity index is 1.73. The van der Waals surface area contributed by atoms with E-state index in [-0.39, 0.29) is 23.8 Å². The van der Waals surface area contributed by atoms with Crippen molar-refractivity contribution in [2.75, 3.05) is 39.3 Å². The molecule has 0 unspecified atom stereocenters. The van der Waals surface area contributed by atoms with Crippen LogP contribution in [0.25, 0.3) is 0 Å². The smallest absolute Gasteiger partial charge is 0.243 e. The number of nitrogens with one attached hydrogen (secondary N) is 1. The Labute approximate surface area is 181 Å². The van der Waals surface area contributed by atoms with Gasteiger partial charge in [0.1, 0.15) is 0 Å². The minimum Gasteiger partial charge on any atom is -0.340 e. The van der Waals surface area contributed by atoms with Crippen LogP contribution >= 0.6 is 15.9 Å². The van der Waals surface area contributed by atoms with E-state index in [9.17, 15) is 13.2 Å². The summed E-state index contributed by atoms with van der Waals surface area (Å²) in [6.45, 7) is 3.40. The van der Waals surface area contributed by atoms with Gasteiger partial charge in [-0.05, 0) is 36.2 Å². The maximum atomic E-state index is 13.2. The van der Waals surface area contributed by atoms with E-state index in [0.29, 0.717) is 26.1 Å². The monoisotopic (exact) mass is 479 g/mol. The molecular weight excluding hydrogens is 454 g/mol. The van der Waals surface area contributed by atoms with Gasteiger partial charge in [-0.15, -0.1) is 0 Å². The minimum atomic E-state index is -3.68. The van der Waals surface area contributed by atoms with Crippen LogP contribution in [0.2, 0.25) is 0 Å². The van der Waals surface area contributed by atoms with E-state index >= 15 is 0 Å². The molecule has 1 saturated heterocycles. The number of nitrogens with zero attached hydrogens (tertiary/aromatic N) is 2. The van der Waals surface area contributed by atoms with Crippen molar-refractivity contribution in [1.82, 2.24) is 14.5 Å². The second kappa shape index (κ2) is 10.3. The predicted molar refractivity (Wildman–Crippen MR) is 117 cm³/mol. The number of carbonyl (C=O) groups is 1. The number of rotatable bonds is 8. The number of hydrogen-bond donors (Lipinski definition) is 1. The van der Waals surface area contributed by atoms with Crippen LogP contribution in [0.4, 0.5) is 0 Å². The first-order valence-corrected chi connectivity index (χ1v) is 12.0. The maximum absolute atomic E-state index is 13.2. The van der Waals surface area contributed by atoms with E-state index in [4.69, 9.17) is 0 Å². The lowest BCUT2D eigenvalue weighted by molar-refractivity contribution is -0.131. The number of sulfonamides is 1. The molecule has 6 nitrogen and oxygen atoms in total. The summed E-state index contributed by atoms with van der Waals surface area (Å²) in [5, 5.41) is 3.22. The Bertz CT molecular complexity index is 899. The molecule has 0 spiro atoms. The molecule has 1 amide bonds. The van der Waals surface area contributed by atoms with E-state index in [1.54, 1.807) is 29.2 Å². The Morgan fingerprint density at radius 3 is 2.31 bits per heavy atom. The van der Waals surface area contributed by atoms with Gasteiger partial charge in [-0.3, -0.25) is 4.79 Å². The van der Waals surface area contributed by atoms with Crippen molar-refractivity contribution in [1.29, 1.82) is 0 Å². The van der Waals surface area contributed by atoms with Gasteiger partial charge in [-0.25, -0.2) is 8.42 Å². The van der Waals surface area contributed by atoms with Crippen molar-refractivity contribution >= 4 is 31.9 Å². The maximum Gasteiger partial charge on any atom is 0.243 e. The zero-order valence-electron chi connectivity index (χ0n) is 16.3. The molecule has 1 aliphatic heterocycles. The standard InChI is InChI=1S/C21H26BrN3O3S/c22-19-6-8-20(9-7-19)29(27,28)25(14-10-18-4-2-1-3-5-18)15-11-21(26)24-16-12-23-13-17-24/h1-9,23H,10-17H2. The third-order valence-corrected chi connectivity index (χ3v) is 7.43. The number of carbonyl (C=O) groups excluding carboxylic acids is 1. The largest absolute Gasteiger partial charge is 0.340 e. The fourth-order valence-corrected chi connectivity index (χ4v) is 5.00. The van der Waals surface area contributed by atoms with Crippen LogP contribution in [0, 0.1) is 0 Å². The van der Waals surface area contributed by atoms with Crippen LogP contribution in [-0.4, -0.2) is 62.8 Å². The van der Waals surface area contributed by atoms with Crippen molar-refractivity contribution in [3.63, 3.8) is 0 Å². The average molecular weight is 480 g/mol. The fraction of sp³-hybridized carbons (Fsp3) is 0.381. The molecule has 0 atom stereocenters. The summed E-state index contributed by atoms with van der Waals surface area (Å²) < 4.78 is 28.7. The molecule has 2 aromatic rings. The van der Waals surface area contributed by atoms with Gasteiger partial charge in [0.15, 0.2) is 0 Å². The Hall–Kier alpha value is -1.74. The highest BCUT2D eigenvalue weighted by atomic mass is 79.9. The van der Waals surface area contributed by atoms with Gasteiger partial charge in [0.05, 0.1) is 4.90 Å². The second-order valence-electron chi connectivity index (χ2n) is 6.97. The molecule has 8 heteroatoms. The van der Waals surface area contributed by atoms with E-state index in [1.165, 1.54) is 4.31 Å². The topological polar surface area (TPSA) is 69.7 Å². The quantitative estimate of drug-likeness (QED) is 0.631. The van der Waals surface area contributed by atoms with Gasteiger partial charge in [0.25, 0.3) is 0 Å². The van der Waals surface area contributed by atoms with Crippen molar-refractivity contribution in [2.45, 2.75) is 17.7 Å². The first-order chi connectivity index (χ1) is 14.0. The Kier molecular flexibility index (Phi) is 7.83. The molecule has 1 aliphatic rings. The van der Waals surface area contributed by atoms with Gasteiger partial charge in [0.2, 0.25) is 15.9 Å². The summed E-state index contributed by atoms with van der Waals surface area (Å²) in [6, 6.07) is 16.4. The zero-order valence-corrected chi connectivity index (χ0v) is 18.7. The highest BCUT2D eigenvalue weighted by Crippen LogP contribution is 2.20. The number of benzene rings is 2. The van der Waals surface area contributed by atoms with Crippen molar-refractivity contribution in [3.05, 3.63) is 64.6 Å². The summed E-state index contributed by atoms with van der Waals surface area (Å²) in [7, 11) is -3.68. The van der Waals surface area contributed by atoms with Crippen LogP contribution in [-0.2, 0) is 21.2 Å². The molecular formula is C21H26BrN3O3S. The van der Waals surface area contributed by atoms with Crippen LogP contribution in [0.3, 0.4) is 0 Å². The van der Waals surface area contributed by atoms with Gasteiger partial charge in [0, 0.05) is 50.2 Å². The molecule has 1 N–H and O–H groups in total. The minimum absolute atomic E-state index is 0.00205. The van der Waals surface area contributed by atoms with Crippen LogP contribution < -0.4 is 5.32 Å². The molecule has 0 radical (unpaired) electrons. The van der Waals surface area contributed by atoms with E-state index < -0.39 is 10.0 Å². The summed E-state index contributed by atoms with van der Waals surface area (Å²) in [5.41, 5.74) is 1.07. The highest BCUT2D eigenvalue weighted by molar-refractivity contribution is 9.10.